The van der Waals surface area contributed by atoms with Crippen molar-refractivity contribution in [2.75, 3.05) is 11.9 Å². The number of nitriles is 1. The van der Waals surface area contributed by atoms with Gasteiger partial charge in [-0.25, -0.2) is 4.98 Å². The van der Waals surface area contributed by atoms with E-state index in [2.05, 4.69) is 18.0 Å². The molecule has 0 aliphatic rings. The molecule has 0 aliphatic carbocycles. The number of nitrogens with zero attached hydrogens (tertiary/aromatic N) is 3. The van der Waals surface area contributed by atoms with Gasteiger partial charge in [0.05, 0.1) is 5.56 Å². The normalized spacial score (nSPS) is 9.89. The van der Waals surface area contributed by atoms with Crippen LogP contribution in [-0.4, -0.2) is 12.0 Å². The topological polar surface area (TPSA) is 39.9 Å². The van der Waals surface area contributed by atoms with E-state index < -0.39 is 0 Å². The number of hydrogen-bond acceptors (Lipinski definition) is 3. The second kappa shape index (κ2) is 4.89. The molecule has 0 spiro atoms. The van der Waals surface area contributed by atoms with Gasteiger partial charge in [0.25, 0.3) is 0 Å². The lowest BCUT2D eigenvalue weighted by Crippen LogP contribution is -2.13. The van der Waals surface area contributed by atoms with Crippen molar-refractivity contribution < 1.29 is 0 Å². The van der Waals surface area contributed by atoms with Crippen LogP contribution in [0.1, 0.15) is 16.8 Å². The number of benzene rings is 1. The Morgan fingerprint density at radius 3 is 2.33 bits per heavy atom. The first-order valence-electron chi connectivity index (χ1n) is 5.80. The van der Waals surface area contributed by atoms with Crippen LogP contribution in [0.15, 0.2) is 36.4 Å². The van der Waals surface area contributed by atoms with Crippen LogP contribution in [0.4, 0.5) is 11.5 Å². The number of aromatic nitrogens is 1. The van der Waals surface area contributed by atoms with E-state index in [9.17, 15) is 0 Å². The Labute approximate surface area is 107 Å². The maximum Gasteiger partial charge on any atom is 0.150 e. The largest absolute Gasteiger partial charge is 0.328 e. The zero-order chi connectivity index (χ0) is 13.1. The van der Waals surface area contributed by atoms with Crippen molar-refractivity contribution in [2.45, 2.75) is 13.8 Å². The maximum absolute atomic E-state index is 9.13. The van der Waals surface area contributed by atoms with Gasteiger partial charge in [-0.15, -0.1) is 0 Å². The molecule has 0 fully saturated rings. The van der Waals surface area contributed by atoms with E-state index in [-0.39, 0.29) is 0 Å². The van der Waals surface area contributed by atoms with Crippen molar-refractivity contribution in [3.63, 3.8) is 0 Å². The monoisotopic (exact) mass is 237 g/mol. The Morgan fingerprint density at radius 1 is 1.06 bits per heavy atom. The molecule has 0 saturated heterocycles. The van der Waals surface area contributed by atoms with Gasteiger partial charge in [0.15, 0.2) is 5.82 Å². The molecule has 0 saturated carbocycles. The standard InChI is InChI=1S/C15H15N3/c1-11-4-8-14(9-5-11)18(3)15-13(10-16)7-6-12(2)17-15/h4-9H,1-3H3. The van der Waals surface area contributed by atoms with Crippen molar-refractivity contribution in [1.29, 1.82) is 5.26 Å². The second-order valence-electron chi connectivity index (χ2n) is 4.33. The van der Waals surface area contributed by atoms with Gasteiger partial charge in [-0.1, -0.05) is 17.7 Å². The van der Waals surface area contributed by atoms with Crippen LogP contribution in [0.3, 0.4) is 0 Å². The van der Waals surface area contributed by atoms with E-state index in [1.165, 1.54) is 5.56 Å². The third kappa shape index (κ3) is 2.33. The summed E-state index contributed by atoms with van der Waals surface area (Å²) in [5, 5.41) is 9.13. The van der Waals surface area contributed by atoms with Crippen LogP contribution in [0.25, 0.3) is 0 Å². The van der Waals surface area contributed by atoms with E-state index >= 15 is 0 Å². The van der Waals surface area contributed by atoms with Gasteiger partial charge in [-0.2, -0.15) is 5.26 Å². The SMILES string of the molecule is Cc1ccc(N(C)c2nc(C)ccc2C#N)cc1. The minimum absolute atomic E-state index is 0.587. The van der Waals surface area contributed by atoms with Crippen LogP contribution in [0, 0.1) is 25.2 Å². The summed E-state index contributed by atoms with van der Waals surface area (Å²) in [6.07, 6.45) is 0. The summed E-state index contributed by atoms with van der Waals surface area (Å²) < 4.78 is 0. The highest BCUT2D eigenvalue weighted by molar-refractivity contribution is 5.65. The highest BCUT2D eigenvalue weighted by Gasteiger charge is 2.10. The lowest BCUT2D eigenvalue weighted by atomic mass is 10.2. The summed E-state index contributed by atoms with van der Waals surface area (Å²) in [5.41, 5.74) is 3.73. The summed E-state index contributed by atoms with van der Waals surface area (Å²) in [6, 6.07) is 14.0. The number of anilines is 2. The van der Waals surface area contributed by atoms with Crippen LogP contribution in [0.5, 0.6) is 0 Å². The van der Waals surface area contributed by atoms with Crippen LogP contribution >= 0.6 is 0 Å². The van der Waals surface area contributed by atoms with Crippen molar-refractivity contribution in [3.05, 3.63) is 53.2 Å². The lowest BCUT2D eigenvalue weighted by Gasteiger charge is -2.20. The summed E-state index contributed by atoms with van der Waals surface area (Å²) in [6.45, 7) is 3.98. The third-order valence-electron chi connectivity index (χ3n) is 2.87. The predicted molar refractivity (Wildman–Crippen MR) is 72.9 cm³/mol. The van der Waals surface area contributed by atoms with E-state index in [1.807, 2.05) is 55.3 Å². The summed E-state index contributed by atoms with van der Waals surface area (Å²) in [4.78, 5) is 6.38. The van der Waals surface area contributed by atoms with Gasteiger partial charge in [0.2, 0.25) is 0 Å². The summed E-state index contributed by atoms with van der Waals surface area (Å²) in [7, 11) is 1.92. The lowest BCUT2D eigenvalue weighted by molar-refractivity contribution is 1.08. The van der Waals surface area contributed by atoms with Gasteiger partial charge in [-0.05, 0) is 38.1 Å². The molecule has 18 heavy (non-hydrogen) atoms. The number of hydrogen-bond donors (Lipinski definition) is 0. The van der Waals surface area contributed by atoms with E-state index in [1.54, 1.807) is 0 Å². The fourth-order valence-corrected chi connectivity index (χ4v) is 1.78. The molecule has 0 unspecified atom stereocenters. The average Bonchev–Trinajstić information content (AvgIpc) is 2.39. The molecule has 0 bridgehead atoms. The summed E-state index contributed by atoms with van der Waals surface area (Å²) >= 11 is 0. The molecule has 0 radical (unpaired) electrons. The molecular formula is C15H15N3. The van der Waals surface area contributed by atoms with E-state index in [0.717, 1.165) is 11.4 Å². The Balaban J connectivity index is 2.45. The minimum atomic E-state index is 0.587. The van der Waals surface area contributed by atoms with Crippen molar-refractivity contribution in [3.8, 4) is 6.07 Å². The molecule has 1 aromatic heterocycles. The molecular weight excluding hydrogens is 222 g/mol. The molecule has 2 aromatic rings. The molecule has 1 aromatic carbocycles. The second-order valence-corrected chi connectivity index (χ2v) is 4.33. The van der Waals surface area contributed by atoms with Gasteiger partial charge in [0.1, 0.15) is 6.07 Å². The molecule has 1 heterocycles. The molecule has 0 N–H and O–H groups in total. The molecule has 0 amide bonds. The third-order valence-corrected chi connectivity index (χ3v) is 2.87. The minimum Gasteiger partial charge on any atom is -0.328 e. The first-order valence-corrected chi connectivity index (χ1v) is 5.80. The molecule has 90 valence electrons. The van der Waals surface area contributed by atoms with Crippen molar-refractivity contribution >= 4 is 11.5 Å². The highest BCUT2D eigenvalue weighted by atomic mass is 15.2. The molecule has 2 rings (SSSR count). The first kappa shape index (κ1) is 12.1. The number of pyridine rings is 1. The van der Waals surface area contributed by atoms with Crippen LogP contribution in [-0.2, 0) is 0 Å². The van der Waals surface area contributed by atoms with Crippen LogP contribution in [0.2, 0.25) is 0 Å². The maximum atomic E-state index is 9.13. The average molecular weight is 237 g/mol. The Morgan fingerprint density at radius 2 is 1.72 bits per heavy atom. The quantitative estimate of drug-likeness (QED) is 0.804. The predicted octanol–water partition coefficient (Wildman–Crippen LogP) is 3.34. The van der Waals surface area contributed by atoms with E-state index in [0.29, 0.717) is 11.4 Å². The van der Waals surface area contributed by atoms with Crippen LogP contribution < -0.4 is 4.90 Å². The van der Waals surface area contributed by atoms with E-state index in [4.69, 9.17) is 5.26 Å². The van der Waals surface area contributed by atoms with Gasteiger partial charge in [-0.3, -0.25) is 0 Å². The fourth-order valence-electron chi connectivity index (χ4n) is 1.78. The van der Waals surface area contributed by atoms with Crippen molar-refractivity contribution in [2.24, 2.45) is 0 Å². The van der Waals surface area contributed by atoms with Gasteiger partial charge < -0.3 is 4.90 Å². The fraction of sp³-hybridized carbons (Fsp3) is 0.200. The zero-order valence-electron chi connectivity index (χ0n) is 10.8. The Bertz CT molecular complexity index is 594. The van der Waals surface area contributed by atoms with Crippen molar-refractivity contribution in [1.82, 2.24) is 4.98 Å². The zero-order valence-corrected chi connectivity index (χ0v) is 10.8. The smallest absolute Gasteiger partial charge is 0.150 e. The van der Waals surface area contributed by atoms with Gasteiger partial charge in [0, 0.05) is 18.4 Å². The Kier molecular flexibility index (Phi) is 3.29. The summed E-state index contributed by atoms with van der Waals surface area (Å²) in [5.74, 6) is 0.696. The highest BCUT2D eigenvalue weighted by Crippen LogP contribution is 2.25. The molecule has 3 heteroatoms. The number of rotatable bonds is 2. The molecule has 0 aliphatic heterocycles. The number of aryl methyl sites for hydroxylation is 2. The first-order chi connectivity index (χ1) is 8.61. The Hall–Kier alpha value is -2.34. The molecule has 3 nitrogen and oxygen atoms in total. The molecule has 0 atom stereocenters. The van der Waals surface area contributed by atoms with Gasteiger partial charge >= 0.3 is 0 Å².